The fraction of sp³-hybridized carbons (Fsp3) is 0.929. The quantitative estimate of drug-likeness (QED) is 0.556. The molecule has 0 radical (unpaired) electrons. The number of carbonyl (C=O) groups excluding carboxylic acids is 1. The first kappa shape index (κ1) is 16.0. The van der Waals surface area contributed by atoms with Crippen molar-refractivity contribution in [3.63, 3.8) is 0 Å². The molecule has 0 spiro atoms. The van der Waals surface area contributed by atoms with Gasteiger partial charge in [-0.1, -0.05) is 29.8 Å². The third kappa shape index (κ3) is 3.95. The second-order valence-electron chi connectivity index (χ2n) is 5.41. The molecule has 1 heterocycles. The lowest BCUT2D eigenvalue weighted by atomic mass is 9.83. The van der Waals surface area contributed by atoms with Crippen LogP contribution in [0, 0.1) is 11.3 Å². The summed E-state index contributed by atoms with van der Waals surface area (Å²) in [7, 11) is 1.48. The van der Waals surface area contributed by atoms with Crippen LogP contribution in [0.2, 0.25) is 0 Å². The summed E-state index contributed by atoms with van der Waals surface area (Å²) in [6.45, 7) is 7.72. The van der Waals surface area contributed by atoms with Crippen molar-refractivity contribution in [1.82, 2.24) is 4.90 Å². The molecule has 0 amide bonds. The lowest BCUT2D eigenvalue weighted by Crippen LogP contribution is -2.43. The Balaban J connectivity index is 2.45. The number of hydrogen-bond donors (Lipinski definition) is 0. The number of ether oxygens (including phenoxy) is 1. The summed E-state index contributed by atoms with van der Waals surface area (Å²) < 4.78 is 4.82. The van der Waals surface area contributed by atoms with Crippen molar-refractivity contribution in [1.29, 1.82) is 0 Å². The topological polar surface area (TPSA) is 29.5 Å². The molecule has 0 atom stereocenters. The summed E-state index contributed by atoms with van der Waals surface area (Å²) in [6.07, 6.45) is 4.29. The Hall–Kier alpha value is -0.0900. The number of halogens is 1. The standard InChI is InChI=1S/C14H26BrNO2/c1-4-14(5-2,10-15)11-16-8-6-12(7-9-16)13(17)18-3/h12H,4-11H2,1-3H3. The minimum atomic E-state index is -0.0348. The number of rotatable bonds is 6. The maximum absolute atomic E-state index is 11.5. The third-order valence-electron chi connectivity index (χ3n) is 4.46. The van der Waals surface area contributed by atoms with Crippen molar-refractivity contribution in [2.45, 2.75) is 39.5 Å². The average Bonchev–Trinajstić information content (AvgIpc) is 2.45. The number of esters is 1. The van der Waals surface area contributed by atoms with E-state index in [2.05, 4.69) is 34.7 Å². The number of likely N-dealkylation sites (tertiary alicyclic amines) is 1. The zero-order valence-electron chi connectivity index (χ0n) is 11.9. The SMILES string of the molecule is CCC(CC)(CBr)CN1CCC(C(=O)OC)CC1. The molecule has 106 valence electrons. The Morgan fingerprint density at radius 1 is 1.33 bits per heavy atom. The van der Waals surface area contributed by atoms with Gasteiger partial charge in [0, 0.05) is 11.9 Å². The molecule has 0 aromatic carbocycles. The predicted octanol–water partition coefficient (Wildman–Crippen LogP) is 3.07. The normalized spacial score (nSPS) is 18.9. The van der Waals surface area contributed by atoms with Crippen LogP contribution in [0.3, 0.4) is 0 Å². The number of piperidine rings is 1. The van der Waals surface area contributed by atoms with Gasteiger partial charge in [-0.2, -0.15) is 0 Å². The molecular formula is C14H26BrNO2. The van der Waals surface area contributed by atoms with E-state index in [-0.39, 0.29) is 11.9 Å². The Morgan fingerprint density at radius 3 is 2.28 bits per heavy atom. The van der Waals surface area contributed by atoms with E-state index in [4.69, 9.17) is 4.74 Å². The molecule has 0 saturated carbocycles. The number of methoxy groups -OCH3 is 1. The molecule has 0 N–H and O–H groups in total. The smallest absolute Gasteiger partial charge is 0.308 e. The third-order valence-corrected chi connectivity index (χ3v) is 5.65. The van der Waals surface area contributed by atoms with Gasteiger partial charge in [-0.25, -0.2) is 0 Å². The molecule has 0 aromatic heterocycles. The van der Waals surface area contributed by atoms with Gasteiger partial charge >= 0.3 is 5.97 Å². The summed E-state index contributed by atoms with van der Waals surface area (Å²) in [5.41, 5.74) is 0.387. The van der Waals surface area contributed by atoms with Gasteiger partial charge in [0.05, 0.1) is 13.0 Å². The van der Waals surface area contributed by atoms with Crippen molar-refractivity contribution < 1.29 is 9.53 Å². The second-order valence-corrected chi connectivity index (χ2v) is 5.98. The van der Waals surface area contributed by atoms with Crippen molar-refractivity contribution in [3.8, 4) is 0 Å². The Labute approximate surface area is 119 Å². The van der Waals surface area contributed by atoms with Crippen LogP contribution in [-0.2, 0) is 9.53 Å². The van der Waals surface area contributed by atoms with Crippen LogP contribution in [0.5, 0.6) is 0 Å². The molecule has 1 rings (SSSR count). The van der Waals surface area contributed by atoms with E-state index in [0.29, 0.717) is 5.41 Å². The fourth-order valence-electron chi connectivity index (χ4n) is 2.67. The van der Waals surface area contributed by atoms with Gasteiger partial charge in [-0.3, -0.25) is 4.79 Å². The minimum Gasteiger partial charge on any atom is -0.469 e. The lowest BCUT2D eigenvalue weighted by molar-refractivity contribution is -0.147. The summed E-state index contributed by atoms with van der Waals surface area (Å²) in [6, 6.07) is 0. The van der Waals surface area contributed by atoms with Crippen molar-refractivity contribution >= 4 is 21.9 Å². The first-order valence-electron chi connectivity index (χ1n) is 6.97. The van der Waals surface area contributed by atoms with Gasteiger partial charge in [-0.05, 0) is 44.2 Å². The molecule has 1 aliphatic heterocycles. The molecule has 3 nitrogen and oxygen atoms in total. The first-order valence-corrected chi connectivity index (χ1v) is 8.09. The van der Waals surface area contributed by atoms with Crippen LogP contribution in [0.4, 0.5) is 0 Å². The number of hydrogen-bond acceptors (Lipinski definition) is 3. The monoisotopic (exact) mass is 319 g/mol. The van der Waals surface area contributed by atoms with Gasteiger partial charge < -0.3 is 9.64 Å². The molecule has 18 heavy (non-hydrogen) atoms. The van der Waals surface area contributed by atoms with E-state index >= 15 is 0 Å². The predicted molar refractivity (Wildman–Crippen MR) is 78.0 cm³/mol. The maximum atomic E-state index is 11.5. The maximum Gasteiger partial charge on any atom is 0.308 e. The number of carbonyl (C=O) groups is 1. The summed E-state index contributed by atoms with van der Waals surface area (Å²) in [5.74, 6) is 0.0836. The van der Waals surface area contributed by atoms with Crippen molar-refractivity contribution in [2.75, 3.05) is 32.1 Å². The highest BCUT2D eigenvalue weighted by molar-refractivity contribution is 9.09. The number of nitrogens with zero attached hydrogens (tertiary/aromatic N) is 1. The van der Waals surface area contributed by atoms with E-state index < -0.39 is 0 Å². The lowest BCUT2D eigenvalue weighted by Gasteiger charge is -2.39. The molecule has 0 aromatic rings. The van der Waals surface area contributed by atoms with Crippen LogP contribution >= 0.6 is 15.9 Å². The van der Waals surface area contributed by atoms with Gasteiger partial charge in [0.25, 0.3) is 0 Å². The molecular weight excluding hydrogens is 294 g/mol. The highest BCUT2D eigenvalue weighted by Crippen LogP contribution is 2.31. The molecule has 0 aliphatic carbocycles. The molecule has 1 aliphatic rings. The number of alkyl halides is 1. The van der Waals surface area contributed by atoms with Crippen LogP contribution in [0.25, 0.3) is 0 Å². The fourth-order valence-corrected chi connectivity index (χ4v) is 3.64. The highest BCUT2D eigenvalue weighted by atomic mass is 79.9. The van der Waals surface area contributed by atoms with Crippen molar-refractivity contribution in [3.05, 3.63) is 0 Å². The molecule has 1 saturated heterocycles. The largest absolute Gasteiger partial charge is 0.469 e. The summed E-state index contributed by atoms with van der Waals surface area (Å²) >= 11 is 3.67. The van der Waals surface area contributed by atoms with Crippen LogP contribution in [-0.4, -0.2) is 42.9 Å². The summed E-state index contributed by atoms with van der Waals surface area (Å²) in [5, 5.41) is 1.06. The molecule has 1 fully saturated rings. The summed E-state index contributed by atoms with van der Waals surface area (Å²) in [4.78, 5) is 14.0. The van der Waals surface area contributed by atoms with Crippen LogP contribution in [0.15, 0.2) is 0 Å². The second kappa shape index (κ2) is 7.49. The zero-order chi connectivity index (χ0) is 13.6. The zero-order valence-corrected chi connectivity index (χ0v) is 13.5. The van der Waals surface area contributed by atoms with Gasteiger partial charge in [0.2, 0.25) is 0 Å². The van der Waals surface area contributed by atoms with Gasteiger partial charge in [0.15, 0.2) is 0 Å². The van der Waals surface area contributed by atoms with E-state index in [0.717, 1.165) is 37.8 Å². The Kier molecular flexibility index (Phi) is 6.64. The van der Waals surface area contributed by atoms with Crippen LogP contribution in [0.1, 0.15) is 39.5 Å². The van der Waals surface area contributed by atoms with E-state index in [1.54, 1.807) is 0 Å². The van der Waals surface area contributed by atoms with Gasteiger partial charge in [0.1, 0.15) is 0 Å². The minimum absolute atomic E-state index is 0.0348. The average molecular weight is 320 g/mol. The Bertz CT molecular complexity index is 250. The van der Waals surface area contributed by atoms with Gasteiger partial charge in [-0.15, -0.1) is 0 Å². The Morgan fingerprint density at radius 2 is 1.89 bits per heavy atom. The van der Waals surface area contributed by atoms with E-state index in [9.17, 15) is 4.79 Å². The van der Waals surface area contributed by atoms with Crippen molar-refractivity contribution in [2.24, 2.45) is 11.3 Å². The highest BCUT2D eigenvalue weighted by Gasteiger charge is 2.31. The van der Waals surface area contributed by atoms with E-state index in [1.807, 2.05) is 0 Å². The molecule has 4 heteroatoms. The van der Waals surface area contributed by atoms with E-state index in [1.165, 1.54) is 20.0 Å². The van der Waals surface area contributed by atoms with Crippen LogP contribution < -0.4 is 0 Å². The molecule has 0 bridgehead atoms. The first-order chi connectivity index (χ1) is 8.60. The molecule has 0 unspecified atom stereocenters.